The minimum absolute atomic E-state index is 0.894. The maximum Gasteiger partial charge on any atom is 0.143 e. The monoisotopic (exact) mass is 1420 g/mol. The molecule has 0 unspecified atom stereocenters. The van der Waals surface area contributed by atoms with Crippen molar-refractivity contribution in [2.45, 2.75) is 0 Å². The largest absolute Gasteiger partial charge is 0.456 e. The van der Waals surface area contributed by atoms with Gasteiger partial charge in [-0.05, 0) is 227 Å². The first-order valence-corrected chi connectivity index (χ1v) is 38.3. The molecule has 4 nitrogen and oxygen atoms in total. The van der Waals surface area contributed by atoms with Crippen LogP contribution in [-0.2, 0) is 0 Å². The summed E-state index contributed by atoms with van der Waals surface area (Å²) in [5, 5.41) is 23.5. The number of hydrogen-bond acceptors (Lipinski definition) is 4. The summed E-state index contributed by atoms with van der Waals surface area (Å²) < 4.78 is 26.1. The molecule has 0 aliphatic rings. The number of benzene rings is 20. The predicted molar refractivity (Wildman–Crippen MR) is 471 cm³/mol. The topological polar surface area (TPSA) is 52.6 Å². The van der Waals surface area contributed by atoms with Gasteiger partial charge in [0.05, 0.1) is 0 Å². The highest BCUT2D eigenvalue weighted by Gasteiger charge is 2.24. The maximum atomic E-state index is 6.64. The Kier molecular flexibility index (Phi) is 14.3. The summed E-state index contributed by atoms with van der Waals surface area (Å²) in [5.74, 6) is 0. The number of para-hydroxylation sites is 6. The zero-order valence-corrected chi connectivity index (χ0v) is 60.6. The Hall–Kier alpha value is -14.8. The maximum absolute atomic E-state index is 6.64. The quantitative estimate of drug-likeness (QED) is 0.142. The van der Waals surface area contributed by atoms with Crippen LogP contribution in [-0.4, -0.2) is 0 Å². The van der Waals surface area contributed by atoms with Gasteiger partial charge in [0, 0.05) is 54.2 Å². The van der Waals surface area contributed by atoms with E-state index >= 15 is 0 Å². The van der Waals surface area contributed by atoms with Gasteiger partial charge in [0.2, 0.25) is 0 Å². The molecule has 0 bridgehead atoms. The van der Waals surface area contributed by atoms with Gasteiger partial charge < -0.3 is 17.7 Å². The molecular weight excluding hydrogens is 1360 g/mol. The Morgan fingerprint density at radius 2 is 0.402 bits per heavy atom. The Morgan fingerprint density at radius 3 is 0.795 bits per heavy atom. The molecule has 4 heterocycles. The van der Waals surface area contributed by atoms with Crippen LogP contribution in [0.1, 0.15) is 0 Å². The van der Waals surface area contributed by atoms with Crippen LogP contribution in [0.5, 0.6) is 0 Å². The molecule has 0 aliphatic heterocycles. The zero-order chi connectivity index (χ0) is 73.5. The molecule has 0 atom stereocenters. The molecule has 0 saturated carbocycles. The Labute approximate surface area is 643 Å². The van der Waals surface area contributed by atoms with Crippen molar-refractivity contribution >= 4 is 152 Å². The SMILES string of the molecule is c1ccc(-c2ccc3cc(-c4c5cccc(-c6ccc7c(c6)oc6ccccc67)c5cc5c(-c6ccc7c(c6)oc6ccccc67)cccc45)ccc3c2)cc1.c1ccc(-c2ccc3cc(-c4c5cccc(-c6cccc7c6oc6ccccc67)c5cc5c(-c6cccc7c6oc6ccccc67)cccc45)ccc3c2)cc1. The standard InChI is InChI=1S/2C54H32O2/c1-2-12-33(13-3-1)34-26-27-36-31-37(29-28-35(36)30-34)52-42-18-8-16-38(44-20-10-22-46-40-14-4-6-24-50(40)55-53(44)46)48(42)32-49-39(17-9-19-43(49)52)45-21-11-23-47-41-15-5-7-25-51(41)56-54(45)47;1-2-10-33(11-3-1)34-20-21-36-29-39(23-22-35(36)28-34)54-46-16-8-14-40(37-24-26-44-42-12-4-6-18-50(42)55-52(44)30-37)48(46)32-49-41(15-9-17-47(49)54)38-25-27-45-43-13-5-7-19-51(43)56-53(45)31-38/h2*1-32H. The normalized spacial score (nSPS) is 11.9. The van der Waals surface area contributed by atoms with E-state index in [1.54, 1.807) is 0 Å². The number of hydrogen-bond donors (Lipinski definition) is 0. The van der Waals surface area contributed by atoms with Crippen molar-refractivity contribution in [3.8, 4) is 89.0 Å². The highest BCUT2D eigenvalue weighted by Crippen LogP contribution is 2.50. The molecule has 0 saturated heterocycles. The predicted octanol–water partition coefficient (Wildman–Crippen LogP) is 31.2. The number of furan rings is 4. The molecular formula is C108H64O4. The number of rotatable bonds is 8. The molecule has 24 aromatic rings. The third-order valence-electron chi connectivity index (χ3n) is 23.3. The van der Waals surface area contributed by atoms with Crippen LogP contribution in [0.4, 0.5) is 0 Å². The van der Waals surface area contributed by atoms with Crippen LogP contribution < -0.4 is 0 Å². The molecule has 24 rings (SSSR count). The summed E-state index contributed by atoms with van der Waals surface area (Å²) in [6.07, 6.45) is 0. The van der Waals surface area contributed by atoms with Crippen molar-refractivity contribution < 1.29 is 17.7 Å². The van der Waals surface area contributed by atoms with Gasteiger partial charge in [-0.2, -0.15) is 0 Å². The molecule has 112 heavy (non-hydrogen) atoms. The van der Waals surface area contributed by atoms with E-state index in [1.165, 1.54) is 120 Å². The lowest BCUT2D eigenvalue weighted by atomic mass is 9.85. The highest BCUT2D eigenvalue weighted by molar-refractivity contribution is 6.24. The van der Waals surface area contributed by atoms with Crippen LogP contribution in [0.2, 0.25) is 0 Å². The van der Waals surface area contributed by atoms with Gasteiger partial charge in [-0.25, -0.2) is 0 Å². The summed E-state index contributed by atoms with van der Waals surface area (Å²) in [6, 6.07) is 140. The second-order valence-electron chi connectivity index (χ2n) is 29.6. The van der Waals surface area contributed by atoms with Gasteiger partial charge in [0.1, 0.15) is 44.7 Å². The molecule has 0 spiro atoms. The van der Waals surface area contributed by atoms with Crippen molar-refractivity contribution in [1.82, 2.24) is 0 Å². The molecule has 520 valence electrons. The van der Waals surface area contributed by atoms with Crippen molar-refractivity contribution in [2.24, 2.45) is 0 Å². The van der Waals surface area contributed by atoms with E-state index in [-0.39, 0.29) is 0 Å². The zero-order valence-electron chi connectivity index (χ0n) is 60.6. The van der Waals surface area contributed by atoms with Crippen LogP contribution in [0.25, 0.3) is 241 Å². The van der Waals surface area contributed by atoms with Crippen LogP contribution >= 0.6 is 0 Å². The van der Waals surface area contributed by atoms with Crippen molar-refractivity contribution in [2.75, 3.05) is 0 Å². The second-order valence-corrected chi connectivity index (χ2v) is 29.6. The average Bonchev–Trinajstić information content (AvgIpc) is 1.12. The van der Waals surface area contributed by atoms with E-state index in [0.717, 1.165) is 121 Å². The van der Waals surface area contributed by atoms with Gasteiger partial charge in [-0.15, -0.1) is 0 Å². The van der Waals surface area contributed by atoms with E-state index in [4.69, 9.17) is 17.7 Å². The molecule has 4 heteroatoms. The lowest BCUT2D eigenvalue weighted by Crippen LogP contribution is -1.91. The minimum Gasteiger partial charge on any atom is -0.456 e. The van der Waals surface area contributed by atoms with E-state index in [2.05, 4.69) is 352 Å². The second kappa shape index (κ2) is 25.4. The number of fused-ring (bicyclic) bond motifs is 18. The summed E-state index contributed by atoms with van der Waals surface area (Å²) in [5.41, 5.74) is 25.9. The van der Waals surface area contributed by atoms with Crippen molar-refractivity contribution in [3.63, 3.8) is 0 Å². The first-order valence-electron chi connectivity index (χ1n) is 38.3. The van der Waals surface area contributed by atoms with Gasteiger partial charge in [-0.3, -0.25) is 0 Å². The highest BCUT2D eigenvalue weighted by atomic mass is 16.3. The van der Waals surface area contributed by atoms with Gasteiger partial charge in [0.15, 0.2) is 0 Å². The first-order chi connectivity index (χ1) is 55.5. The van der Waals surface area contributed by atoms with E-state index in [0.29, 0.717) is 0 Å². The summed E-state index contributed by atoms with van der Waals surface area (Å²) in [6.45, 7) is 0. The smallest absolute Gasteiger partial charge is 0.143 e. The third kappa shape index (κ3) is 10.2. The summed E-state index contributed by atoms with van der Waals surface area (Å²) in [4.78, 5) is 0. The molecule has 0 amide bonds. The van der Waals surface area contributed by atoms with Crippen molar-refractivity contribution in [1.29, 1.82) is 0 Å². The fourth-order valence-electron chi connectivity index (χ4n) is 18.1. The Bertz CT molecular complexity index is 7660. The molecule has 0 radical (unpaired) electrons. The molecule has 0 N–H and O–H groups in total. The molecule has 0 fully saturated rings. The Balaban J connectivity index is 0.000000134. The van der Waals surface area contributed by atoms with E-state index < -0.39 is 0 Å². The summed E-state index contributed by atoms with van der Waals surface area (Å²) >= 11 is 0. The average molecular weight is 1430 g/mol. The van der Waals surface area contributed by atoms with Crippen LogP contribution in [0.15, 0.2) is 406 Å². The lowest BCUT2D eigenvalue weighted by Gasteiger charge is -2.18. The first kappa shape index (κ1) is 63.3. The van der Waals surface area contributed by atoms with Gasteiger partial charge in [-0.1, -0.05) is 303 Å². The van der Waals surface area contributed by atoms with Crippen molar-refractivity contribution in [3.05, 3.63) is 388 Å². The fourth-order valence-corrected chi connectivity index (χ4v) is 18.1. The van der Waals surface area contributed by atoms with Gasteiger partial charge >= 0.3 is 0 Å². The Morgan fingerprint density at radius 1 is 0.125 bits per heavy atom. The fraction of sp³-hybridized carbons (Fsp3) is 0. The van der Waals surface area contributed by atoms with Crippen LogP contribution in [0.3, 0.4) is 0 Å². The minimum atomic E-state index is 0.894. The molecule has 0 aliphatic carbocycles. The third-order valence-corrected chi connectivity index (χ3v) is 23.3. The molecule has 20 aromatic carbocycles. The van der Waals surface area contributed by atoms with Crippen LogP contribution in [0, 0.1) is 0 Å². The van der Waals surface area contributed by atoms with Gasteiger partial charge in [0.25, 0.3) is 0 Å². The van der Waals surface area contributed by atoms with E-state index in [9.17, 15) is 0 Å². The van der Waals surface area contributed by atoms with E-state index in [1.807, 2.05) is 36.4 Å². The molecule has 4 aromatic heterocycles. The summed E-state index contributed by atoms with van der Waals surface area (Å²) in [7, 11) is 0. The lowest BCUT2D eigenvalue weighted by molar-refractivity contribution is 0.668.